The Balaban J connectivity index is 1.45. The van der Waals surface area contributed by atoms with Crippen molar-refractivity contribution in [1.82, 2.24) is 40.2 Å². The van der Waals surface area contributed by atoms with E-state index < -0.39 is 0 Å². The number of aryl methyl sites for hydroxylation is 1. The summed E-state index contributed by atoms with van der Waals surface area (Å²) in [5.41, 5.74) is 2.17. The molecule has 0 spiro atoms. The Morgan fingerprint density at radius 2 is 2.03 bits per heavy atom. The van der Waals surface area contributed by atoms with E-state index in [1.165, 1.54) is 0 Å². The number of carbonyl (C=O) groups excluding carboxylic acids is 1. The molecule has 0 bridgehead atoms. The average Bonchev–Trinajstić information content (AvgIpc) is 3.39. The number of benzene rings is 1. The molecule has 1 atom stereocenters. The second-order valence-corrected chi connectivity index (χ2v) is 7.28. The number of tetrazole rings is 1. The van der Waals surface area contributed by atoms with Crippen molar-refractivity contribution in [3.8, 4) is 0 Å². The van der Waals surface area contributed by atoms with Gasteiger partial charge in [0.2, 0.25) is 5.91 Å². The van der Waals surface area contributed by atoms with Gasteiger partial charge in [0.25, 0.3) is 0 Å². The first-order valence-electron chi connectivity index (χ1n) is 10.1. The highest BCUT2D eigenvalue weighted by atomic mass is 16.5. The molecule has 30 heavy (non-hydrogen) atoms. The Morgan fingerprint density at radius 1 is 1.23 bits per heavy atom. The van der Waals surface area contributed by atoms with Crippen molar-refractivity contribution in [2.75, 3.05) is 32.8 Å². The van der Waals surface area contributed by atoms with Crippen LogP contribution in [0, 0.1) is 0 Å². The van der Waals surface area contributed by atoms with Crippen molar-refractivity contribution in [2.24, 2.45) is 7.05 Å². The molecule has 3 heterocycles. The third-order valence-electron chi connectivity index (χ3n) is 5.12. The fraction of sp³-hybridized carbons (Fsp3) is 0.450. The van der Waals surface area contributed by atoms with Crippen LogP contribution in [0.1, 0.15) is 23.0 Å². The maximum Gasteiger partial charge on any atom is 0.241 e. The highest BCUT2D eigenvalue weighted by Crippen LogP contribution is 2.27. The van der Waals surface area contributed by atoms with Gasteiger partial charge in [-0.05, 0) is 28.0 Å². The van der Waals surface area contributed by atoms with Crippen LogP contribution >= 0.6 is 0 Å². The maximum absolute atomic E-state index is 12.5. The number of ether oxygens (including phenoxy) is 1. The highest BCUT2D eigenvalue weighted by molar-refractivity contribution is 5.75. The molecule has 4 rings (SSSR count). The van der Waals surface area contributed by atoms with Gasteiger partial charge < -0.3 is 10.1 Å². The monoisotopic (exact) mass is 410 g/mol. The van der Waals surface area contributed by atoms with Crippen molar-refractivity contribution in [3.63, 3.8) is 0 Å². The Morgan fingerprint density at radius 3 is 2.77 bits per heavy atom. The summed E-state index contributed by atoms with van der Waals surface area (Å²) in [6.45, 7) is 3.50. The molecule has 0 aliphatic carbocycles. The minimum Gasteiger partial charge on any atom is -0.379 e. The second-order valence-electron chi connectivity index (χ2n) is 7.28. The summed E-state index contributed by atoms with van der Waals surface area (Å²) in [5, 5.41) is 19.3. The number of aromatic nitrogens is 6. The molecule has 1 aliphatic heterocycles. The molecule has 10 nitrogen and oxygen atoms in total. The predicted molar refractivity (Wildman–Crippen MR) is 108 cm³/mol. The molecule has 0 saturated carbocycles. The number of morpholine rings is 1. The molecule has 1 N–H and O–H groups in total. The van der Waals surface area contributed by atoms with Gasteiger partial charge in [0, 0.05) is 32.9 Å². The quantitative estimate of drug-likeness (QED) is 0.565. The summed E-state index contributed by atoms with van der Waals surface area (Å²) in [6.07, 6.45) is 4.47. The SMILES string of the molecule is Cn1cc(CCNC(=O)Cn2nnnc2[C@@H](c2ccccc2)N2CCOCC2)cn1. The number of amides is 1. The molecule has 1 aromatic carbocycles. The third kappa shape index (κ3) is 4.89. The number of hydrogen-bond acceptors (Lipinski definition) is 7. The molecule has 1 amide bonds. The summed E-state index contributed by atoms with van der Waals surface area (Å²) in [7, 11) is 1.87. The molecule has 1 aliphatic rings. The zero-order valence-corrected chi connectivity index (χ0v) is 17.0. The van der Waals surface area contributed by atoms with Crippen molar-refractivity contribution in [1.29, 1.82) is 0 Å². The largest absolute Gasteiger partial charge is 0.379 e. The fourth-order valence-corrected chi connectivity index (χ4v) is 3.65. The van der Waals surface area contributed by atoms with Crippen LogP contribution in [0.4, 0.5) is 0 Å². The van der Waals surface area contributed by atoms with E-state index in [0.717, 1.165) is 30.6 Å². The van der Waals surface area contributed by atoms with Gasteiger partial charge in [-0.1, -0.05) is 30.3 Å². The maximum atomic E-state index is 12.5. The summed E-state index contributed by atoms with van der Waals surface area (Å²) in [5.74, 6) is 0.534. The van der Waals surface area contributed by atoms with Crippen LogP contribution in [-0.2, 0) is 29.5 Å². The predicted octanol–water partition coefficient (Wildman–Crippen LogP) is 0.187. The molecule has 1 saturated heterocycles. The Bertz CT molecular complexity index is 949. The molecule has 0 radical (unpaired) electrons. The number of hydrogen-bond donors (Lipinski definition) is 1. The van der Waals surface area contributed by atoms with E-state index in [1.54, 1.807) is 15.6 Å². The third-order valence-corrected chi connectivity index (χ3v) is 5.12. The Kier molecular flexibility index (Phi) is 6.45. The lowest BCUT2D eigenvalue weighted by Gasteiger charge is -2.33. The Labute approximate surface area is 174 Å². The number of nitrogens with one attached hydrogen (secondary N) is 1. The smallest absolute Gasteiger partial charge is 0.241 e. The minimum absolute atomic E-state index is 0.0725. The summed E-state index contributed by atoms with van der Waals surface area (Å²) in [6, 6.07) is 9.98. The van der Waals surface area contributed by atoms with Crippen LogP contribution in [0.5, 0.6) is 0 Å². The lowest BCUT2D eigenvalue weighted by molar-refractivity contribution is -0.121. The first-order valence-corrected chi connectivity index (χ1v) is 10.1. The molecule has 0 unspecified atom stereocenters. The van der Waals surface area contributed by atoms with Gasteiger partial charge in [-0.15, -0.1) is 5.10 Å². The topological polar surface area (TPSA) is 103 Å². The summed E-state index contributed by atoms with van der Waals surface area (Å²) < 4.78 is 8.85. The standard InChI is InChI=1S/C20H26N8O2/c1-26-14-16(13-22-26)7-8-21-18(29)15-28-20(23-24-25-28)19(17-5-3-2-4-6-17)27-9-11-30-12-10-27/h2-6,13-14,19H,7-12,15H2,1H3,(H,21,29)/t19-/m1/s1. The molecular weight excluding hydrogens is 384 g/mol. The normalized spacial score (nSPS) is 15.8. The van der Waals surface area contributed by atoms with E-state index in [0.29, 0.717) is 25.6 Å². The van der Waals surface area contributed by atoms with Crippen molar-refractivity contribution >= 4 is 5.91 Å². The molecule has 2 aromatic heterocycles. The van der Waals surface area contributed by atoms with E-state index in [2.05, 4.69) is 43.0 Å². The van der Waals surface area contributed by atoms with Crippen molar-refractivity contribution < 1.29 is 9.53 Å². The average molecular weight is 410 g/mol. The van der Waals surface area contributed by atoms with E-state index in [-0.39, 0.29) is 18.5 Å². The van der Waals surface area contributed by atoms with E-state index in [4.69, 9.17) is 4.74 Å². The lowest BCUT2D eigenvalue weighted by atomic mass is 10.0. The first kappa shape index (κ1) is 20.2. The highest BCUT2D eigenvalue weighted by Gasteiger charge is 2.29. The Hall–Kier alpha value is -3.11. The zero-order valence-electron chi connectivity index (χ0n) is 17.0. The van der Waals surface area contributed by atoms with Crippen LogP contribution in [0.2, 0.25) is 0 Å². The zero-order chi connectivity index (χ0) is 20.8. The van der Waals surface area contributed by atoms with Crippen LogP contribution in [-0.4, -0.2) is 73.6 Å². The van der Waals surface area contributed by atoms with Crippen molar-refractivity contribution in [2.45, 2.75) is 19.0 Å². The summed E-state index contributed by atoms with van der Waals surface area (Å²) >= 11 is 0. The molecule has 3 aromatic rings. The molecular formula is C20H26N8O2. The van der Waals surface area contributed by atoms with Crippen molar-refractivity contribution in [3.05, 3.63) is 59.7 Å². The van der Waals surface area contributed by atoms with E-state index in [1.807, 2.05) is 31.4 Å². The van der Waals surface area contributed by atoms with Gasteiger partial charge >= 0.3 is 0 Å². The van der Waals surface area contributed by atoms with Crippen LogP contribution in [0.15, 0.2) is 42.7 Å². The number of carbonyl (C=O) groups is 1. The molecule has 10 heteroatoms. The van der Waals surface area contributed by atoms with Gasteiger partial charge in [0.15, 0.2) is 5.82 Å². The molecule has 1 fully saturated rings. The van der Waals surface area contributed by atoms with E-state index in [9.17, 15) is 4.79 Å². The van der Waals surface area contributed by atoms with Gasteiger partial charge in [0.1, 0.15) is 6.54 Å². The number of rotatable bonds is 8. The van der Waals surface area contributed by atoms with Gasteiger partial charge in [-0.3, -0.25) is 14.4 Å². The van der Waals surface area contributed by atoms with Crippen LogP contribution in [0.25, 0.3) is 0 Å². The van der Waals surface area contributed by atoms with Crippen LogP contribution < -0.4 is 5.32 Å². The second kappa shape index (κ2) is 9.59. The molecule has 158 valence electrons. The van der Waals surface area contributed by atoms with E-state index >= 15 is 0 Å². The summed E-state index contributed by atoms with van der Waals surface area (Å²) in [4.78, 5) is 14.8. The lowest BCUT2D eigenvalue weighted by Crippen LogP contribution is -2.41. The first-order chi connectivity index (χ1) is 14.7. The van der Waals surface area contributed by atoms with Gasteiger partial charge in [0.05, 0.1) is 25.5 Å². The van der Waals surface area contributed by atoms with Crippen LogP contribution in [0.3, 0.4) is 0 Å². The minimum atomic E-state index is -0.131. The number of nitrogens with zero attached hydrogens (tertiary/aromatic N) is 7. The fourth-order valence-electron chi connectivity index (χ4n) is 3.65. The van der Waals surface area contributed by atoms with Gasteiger partial charge in [-0.2, -0.15) is 5.10 Å². The van der Waals surface area contributed by atoms with Gasteiger partial charge in [-0.25, -0.2) is 4.68 Å².